The van der Waals surface area contributed by atoms with E-state index >= 15 is 0 Å². The summed E-state index contributed by atoms with van der Waals surface area (Å²) >= 11 is 0. The van der Waals surface area contributed by atoms with Gasteiger partial charge in [-0.05, 0) is 55.0 Å². The fourth-order valence-corrected chi connectivity index (χ4v) is 6.23. The molecule has 0 radical (unpaired) electrons. The van der Waals surface area contributed by atoms with Crippen LogP contribution in [0.25, 0.3) is 0 Å². The van der Waals surface area contributed by atoms with Crippen molar-refractivity contribution in [2.45, 2.75) is 37.3 Å². The van der Waals surface area contributed by atoms with E-state index in [1.807, 2.05) is 6.92 Å². The molecule has 40 heavy (non-hydrogen) atoms. The Morgan fingerprint density at radius 1 is 1.20 bits per heavy atom. The minimum Gasteiger partial charge on any atom is -0.487 e. The lowest BCUT2D eigenvalue weighted by Crippen LogP contribution is -2.50. The molecule has 0 bridgehead atoms. The lowest BCUT2D eigenvalue weighted by atomic mass is 10.0. The number of benzene rings is 2. The summed E-state index contributed by atoms with van der Waals surface area (Å²) in [7, 11) is -2.35. The van der Waals surface area contributed by atoms with Crippen LogP contribution in [0.4, 0.5) is 4.39 Å². The highest BCUT2D eigenvalue weighted by molar-refractivity contribution is 7.89. The van der Waals surface area contributed by atoms with Gasteiger partial charge in [0.1, 0.15) is 22.6 Å². The molecule has 1 aliphatic rings. The smallest absolute Gasteiger partial charge is 0.247 e. The van der Waals surface area contributed by atoms with Crippen molar-refractivity contribution in [3.8, 4) is 17.6 Å². The van der Waals surface area contributed by atoms with E-state index in [1.54, 1.807) is 67.7 Å². The molecule has 0 saturated heterocycles. The van der Waals surface area contributed by atoms with Crippen LogP contribution in [-0.4, -0.2) is 72.5 Å². The number of amides is 1. The molecule has 0 spiro atoms. The summed E-state index contributed by atoms with van der Waals surface area (Å²) in [6.07, 6.45) is 2.88. The summed E-state index contributed by atoms with van der Waals surface area (Å²) in [5, 5.41) is 9.84. The molecule has 1 aliphatic heterocycles. The first kappa shape index (κ1) is 29.2. The van der Waals surface area contributed by atoms with E-state index in [0.717, 1.165) is 5.56 Å². The minimum absolute atomic E-state index is 0.0630. The van der Waals surface area contributed by atoms with Crippen LogP contribution in [0.3, 0.4) is 0 Å². The maximum atomic E-state index is 14.1. The Morgan fingerprint density at radius 2 is 1.93 bits per heavy atom. The summed E-state index contributed by atoms with van der Waals surface area (Å²) < 4.78 is 49.0. The van der Waals surface area contributed by atoms with E-state index in [-0.39, 0.29) is 54.2 Å². The van der Waals surface area contributed by atoms with Crippen molar-refractivity contribution in [1.82, 2.24) is 14.2 Å². The first-order valence-electron chi connectivity index (χ1n) is 12.9. The second-order valence-electron chi connectivity index (χ2n) is 9.94. The van der Waals surface area contributed by atoms with Crippen molar-refractivity contribution in [3.63, 3.8) is 0 Å². The van der Waals surface area contributed by atoms with Crippen LogP contribution in [0.15, 0.2) is 71.9 Å². The Balaban J connectivity index is 1.68. The predicted octanol–water partition coefficient (Wildman–Crippen LogP) is 3.09. The molecule has 1 amide bonds. The number of sulfonamides is 1. The third-order valence-corrected chi connectivity index (χ3v) is 8.89. The number of carbonyl (C=O) groups excluding carboxylic acids is 1. The molecule has 210 valence electrons. The summed E-state index contributed by atoms with van der Waals surface area (Å²) in [5.74, 6) is 4.84. The number of halogens is 1. The van der Waals surface area contributed by atoms with Crippen LogP contribution >= 0.6 is 0 Å². The molecule has 8 nitrogen and oxygen atoms in total. The molecule has 1 N–H and O–H groups in total. The maximum Gasteiger partial charge on any atom is 0.247 e. The summed E-state index contributed by atoms with van der Waals surface area (Å²) in [6, 6.07) is 13.5. The molecule has 3 atom stereocenters. The van der Waals surface area contributed by atoms with Gasteiger partial charge in [0.2, 0.25) is 15.9 Å². The number of aliphatic hydroxyl groups excluding tert-OH is 1. The highest BCUT2D eigenvalue weighted by Gasteiger charge is 2.38. The molecule has 2 aromatic carbocycles. The molecule has 3 aromatic rings. The van der Waals surface area contributed by atoms with Gasteiger partial charge in [-0.25, -0.2) is 12.8 Å². The lowest BCUT2D eigenvalue weighted by Gasteiger charge is -2.37. The lowest BCUT2D eigenvalue weighted by molar-refractivity contribution is -0.130. The quantitative estimate of drug-likeness (QED) is 0.461. The van der Waals surface area contributed by atoms with Crippen LogP contribution in [0, 0.1) is 23.6 Å². The minimum atomic E-state index is -4.03. The third-order valence-electron chi connectivity index (χ3n) is 6.87. The van der Waals surface area contributed by atoms with E-state index in [2.05, 4.69) is 16.8 Å². The van der Waals surface area contributed by atoms with E-state index in [4.69, 9.17) is 4.74 Å². The number of aromatic nitrogens is 1. The molecule has 4 rings (SSSR count). The highest BCUT2D eigenvalue weighted by Crippen LogP contribution is 2.34. The normalized spacial score (nSPS) is 19.1. The summed E-state index contributed by atoms with van der Waals surface area (Å²) in [6.45, 7) is 3.43. The van der Waals surface area contributed by atoms with Crippen LogP contribution in [0.5, 0.6) is 5.75 Å². The van der Waals surface area contributed by atoms with Gasteiger partial charge in [-0.1, -0.05) is 30.9 Å². The van der Waals surface area contributed by atoms with Gasteiger partial charge in [-0.15, -0.1) is 0 Å². The summed E-state index contributed by atoms with van der Waals surface area (Å²) in [5.41, 5.74) is 1.48. The number of ether oxygens (including phenoxy) is 1. The number of fused-ring (bicyclic) bond motifs is 1. The van der Waals surface area contributed by atoms with Crippen molar-refractivity contribution in [2.75, 3.05) is 26.7 Å². The van der Waals surface area contributed by atoms with Crippen molar-refractivity contribution in [3.05, 3.63) is 89.5 Å². The molecular weight excluding hydrogens is 533 g/mol. The molecule has 0 aliphatic carbocycles. The number of hydrogen-bond donors (Lipinski definition) is 1. The Bertz CT molecular complexity index is 1520. The Kier molecular flexibility index (Phi) is 9.20. The first-order valence-corrected chi connectivity index (χ1v) is 14.4. The largest absolute Gasteiger partial charge is 0.487 e. The van der Waals surface area contributed by atoms with Crippen LogP contribution < -0.4 is 4.74 Å². The van der Waals surface area contributed by atoms with Gasteiger partial charge in [0.15, 0.2) is 0 Å². The van der Waals surface area contributed by atoms with Crippen molar-refractivity contribution < 1.29 is 27.4 Å². The molecule has 0 fully saturated rings. The monoisotopic (exact) mass is 565 g/mol. The average molecular weight is 566 g/mol. The number of hydrogen-bond acceptors (Lipinski definition) is 6. The van der Waals surface area contributed by atoms with Gasteiger partial charge in [0.25, 0.3) is 0 Å². The van der Waals surface area contributed by atoms with Crippen LogP contribution in [-0.2, 0) is 21.2 Å². The highest BCUT2D eigenvalue weighted by atomic mass is 32.2. The van der Waals surface area contributed by atoms with E-state index in [0.29, 0.717) is 5.56 Å². The van der Waals surface area contributed by atoms with Crippen molar-refractivity contribution in [2.24, 2.45) is 5.92 Å². The number of rotatable bonds is 6. The Labute approximate surface area is 234 Å². The second kappa shape index (κ2) is 12.6. The maximum absolute atomic E-state index is 14.1. The van der Waals surface area contributed by atoms with Gasteiger partial charge in [-0.2, -0.15) is 4.31 Å². The van der Waals surface area contributed by atoms with Crippen molar-refractivity contribution >= 4 is 15.9 Å². The first-order chi connectivity index (χ1) is 19.1. The zero-order valence-corrected chi connectivity index (χ0v) is 23.4. The number of nitrogens with zero attached hydrogens (tertiary/aromatic N) is 3. The molecule has 1 aromatic heterocycles. The van der Waals surface area contributed by atoms with E-state index in [1.165, 1.54) is 22.5 Å². The zero-order chi connectivity index (χ0) is 28.9. The number of pyridine rings is 1. The third kappa shape index (κ3) is 6.67. The van der Waals surface area contributed by atoms with Crippen LogP contribution in [0.1, 0.15) is 30.5 Å². The topological polar surface area (TPSA) is 100 Å². The fraction of sp³-hybridized carbons (Fsp3) is 0.333. The molecule has 10 heteroatoms. The predicted molar refractivity (Wildman–Crippen MR) is 148 cm³/mol. The van der Waals surface area contributed by atoms with E-state index in [9.17, 15) is 22.7 Å². The fourth-order valence-electron chi connectivity index (χ4n) is 4.41. The Morgan fingerprint density at radius 3 is 2.62 bits per heavy atom. The summed E-state index contributed by atoms with van der Waals surface area (Å²) in [4.78, 5) is 18.5. The molecule has 2 heterocycles. The van der Waals surface area contributed by atoms with Gasteiger partial charge in [-0.3, -0.25) is 9.78 Å². The molecule has 0 unspecified atom stereocenters. The van der Waals surface area contributed by atoms with Gasteiger partial charge in [0.05, 0.1) is 25.1 Å². The number of likely N-dealkylation sites (N-methyl/N-ethyl adjacent to an activating group) is 1. The molecular formula is C30H32FN3O5S. The standard InChI is InChI=1S/C30H32FN3O5S/c1-21-18-34(22(2)20-35)40(37,38)29-11-9-23(8-10-25-6-4-5-7-26(25)31)16-27(29)39-28(21)19-33(3)30(36)17-24-12-14-32-15-13-24/h4-7,9,11-16,21-22,28,35H,17-20H2,1-3H3/t21-,22-,28-/m0/s1. The SMILES string of the molecule is C[C@H]1CN([C@@H](C)CO)S(=O)(=O)c2ccc(C#Cc3ccccc3F)cc2O[C@H]1CN(C)C(=O)Cc1ccncc1. The van der Waals surface area contributed by atoms with Crippen molar-refractivity contribution in [1.29, 1.82) is 0 Å². The van der Waals surface area contributed by atoms with Gasteiger partial charge >= 0.3 is 0 Å². The van der Waals surface area contributed by atoms with E-state index < -0.39 is 28.0 Å². The van der Waals surface area contributed by atoms with Crippen LogP contribution in [0.2, 0.25) is 0 Å². The van der Waals surface area contributed by atoms with Gasteiger partial charge < -0.3 is 14.7 Å². The Hall–Kier alpha value is -3.78. The number of aliphatic hydroxyl groups is 1. The zero-order valence-electron chi connectivity index (χ0n) is 22.6. The molecule has 0 saturated carbocycles. The average Bonchev–Trinajstić information content (AvgIpc) is 2.94. The number of carbonyl (C=O) groups is 1. The second-order valence-corrected chi connectivity index (χ2v) is 11.8. The van der Waals surface area contributed by atoms with Gasteiger partial charge in [0, 0.05) is 43.5 Å².